The number of likely N-dealkylation sites (N-methyl/N-ethyl adjacent to an activating group) is 1. The van der Waals surface area contributed by atoms with Gasteiger partial charge >= 0.3 is 0 Å². The van der Waals surface area contributed by atoms with Crippen molar-refractivity contribution in [3.63, 3.8) is 0 Å². The maximum atomic E-state index is 12.5. The molecular weight excluding hydrogens is 364 g/mol. The van der Waals surface area contributed by atoms with Crippen molar-refractivity contribution in [1.29, 1.82) is 0 Å². The van der Waals surface area contributed by atoms with E-state index in [1.807, 2.05) is 55.3 Å². The van der Waals surface area contributed by atoms with Crippen LogP contribution in [-0.2, 0) is 11.3 Å². The van der Waals surface area contributed by atoms with E-state index in [1.165, 1.54) is 18.4 Å². The fraction of sp³-hybridized carbons (Fsp3) is 0.458. The van der Waals surface area contributed by atoms with Gasteiger partial charge in [0.1, 0.15) is 0 Å². The highest BCUT2D eigenvalue weighted by molar-refractivity contribution is 5.78. The van der Waals surface area contributed by atoms with E-state index in [-0.39, 0.29) is 18.1 Å². The normalized spacial score (nSPS) is 15.3. The molecule has 2 aromatic rings. The summed E-state index contributed by atoms with van der Waals surface area (Å²) in [7, 11) is 3.61. The third kappa shape index (κ3) is 6.23. The van der Waals surface area contributed by atoms with E-state index < -0.39 is 0 Å². The van der Waals surface area contributed by atoms with Crippen molar-refractivity contribution in [1.82, 2.24) is 10.2 Å². The van der Waals surface area contributed by atoms with E-state index in [0.717, 1.165) is 36.4 Å². The van der Waals surface area contributed by atoms with Crippen molar-refractivity contribution in [3.8, 4) is 11.5 Å². The van der Waals surface area contributed by atoms with E-state index in [9.17, 15) is 4.79 Å². The first kappa shape index (κ1) is 21.2. The zero-order chi connectivity index (χ0) is 20.6. The molecule has 156 valence electrons. The lowest BCUT2D eigenvalue weighted by atomic mass is 10.1. The highest BCUT2D eigenvalue weighted by Crippen LogP contribution is 2.33. The van der Waals surface area contributed by atoms with Gasteiger partial charge in [0, 0.05) is 6.54 Å². The maximum Gasteiger partial charge on any atom is 0.234 e. The number of nitrogens with one attached hydrogen (secondary N) is 1. The Kier molecular flexibility index (Phi) is 7.53. The molecule has 1 aliphatic carbocycles. The molecular formula is C24H32N2O3. The standard InChI is InChI=1S/C24H32N2O3/c1-18(25-24(27)17-26(2)16-19-9-5-4-6-10-19)20-13-14-22(23(15-20)28-3)29-21-11-7-8-12-21/h4-6,9-10,13-15,18,21H,7-8,11-12,16-17H2,1-3H3,(H,25,27). The number of amides is 1. The Labute approximate surface area is 174 Å². The first-order valence-corrected chi connectivity index (χ1v) is 10.4. The predicted octanol–water partition coefficient (Wildman–Crippen LogP) is 4.33. The monoisotopic (exact) mass is 396 g/mol. The van der Waals surface area contributed by atoms with Crippen molar-refractivity contribution in [2.45, 2.75) is 51.3 Å². The second-order valence-electron chi connectivity index (χ2n) is 7.88. The first-order valence-electron chi connectivity index (χ1n) is 10.4. The predicted molar refractivity (Wildman–Crippen MR) is 115 cm³/mol. The molecule has 1 fully saturated rings. The van der Waals surface area contributed by atoms with E-state index in [2.05, 4.69) is 17.4 Å². The lowest BCUT2D eigenvalue weighted by Gasteiger charge is -2.21. The van der Waals surface area contributed by atoms with Crippen molar-refractivity contribution < 1.29 is 14.3 Å². The smallest absolute Gasteiger partial charge is 0.234 e. The number of ether oxygens (including phenoxy) is 2. The van der Waals surface area contributed by atoms with Gasteiger partial charge < -0.3 is 14.8 Å². The van der Waals surface area contributed by atoms with E-state index >= 15 is 0 Å². The SMILES string of the molecule is COc1cc(C(C)NC(=O)CN(C)Cc2ccccc2)ccc1OC1CCCC1. The first-order chi connectivity index (χ1) is 14.0. The molecule has 1 amide bonds. The summed E-state index contributed by atoms with van der Waals surface area (Å²) in [6.07, 6.45) is 4.95. The van der Waals surface area contributed by atoms with Gasteiger partial charge in [0.05, 0.1) is 25.8 Å². The Morgan fingerprint density at radius 3 is 2.55 bits per heavy atom. The summed E-state index contributed by atoms with van der Waals surface area (Å²) >= 11 is 0. The highest BCUT2D eigenvalue weighted by Gasteiger charge is 2.19. The molecule has 0 spiro atoms. The van der Waals surface area contributed by atoms with Gasteiger partial charge in [-0.3, -0.25) is 9.69 Å². The minimum Gasteiger partial charge on any atom is -0.493 e. The largest absolute Gasteiger partial charge is 0.493 e. The van der Waals surface area contributed by atoms with E-state index in [1.54, 1.807) is 7.11 Å². The number of methoxy groups -OCH3 is 1. The average Bonchev–Trinajstić information content (AvgIpc) is 3.21. The Morgan fingerprint density at radius 2 is 1.86 bits per heavy atom. The van der Waals surface area contributed by atoms with Gasteiger partial charge in [-0.2, -0.15) is 0 Å². The van der Waals surface area contributed by atoms with Crippen molar-refractivity contribution >= 4 is 5.91 Å². The van der Waals surface area contributed by atoms with Crippen LogP contribution in [0.3, 0.4) is 0 Å². The summed E-state index contributed by atoms with van der Waals surface area (Å²) in [5, 5.41) is 3.08. The number of nitrogens with zero attached hydrogens (tertiary/aromatic N) is 1. The maximum absolute atomic E-state index is 12.5. The van der Waals surface area contributed by atoms with Crippen LogP contribution in [0.25, 0.3) is 0 Å². The summed E-state index contributed by atoms with van der Waals surface area (Å²) in [6.45, 7) is 3.07. The van der Waals surface area contributed by atoms with Crippen molar-refractivity contribution in [2.75, 3.05) is 20.7 Å². The molecule has 1 atom stereocenters. The third-order valence-electron chi connectivity index (χ3n) is 5.37. The van der Waals surface area contributed by atoms with Crippen molar-refractivity contribution in [2.24, 2.45) is 0 Å². The quantitative estimate of drug-likeness (QED) is 0.686. The lowest BCUT2D eigenvalue weighted by Crippen LogP contribution is -2.36. The van der Waals surface area contributed by atoms with Gasteiger partial charge in [0.25, 0.3) is 0 Å². The van der Waals surface area contributed by atoms with E-state index in [4.69, 9.17) is 9.47 Å². The number of benzene rings is 2. The van der Waals surface area contributed by atoms with Crippen LogP contribution in [0, 0.1) is 0 Å². The molecule has 0 heterocycles. The molecule has 5 heteroatoms. The van der Waals surface area contributed by atoms with Crippen LogP contribution in [0.2, 0.25) is 0 Å². The Balaban J connectivity index is 1.54. The van der Waals surface area contributed by atoms with Crippen LogP contribution in [0.5, 0.6) is 11.5 Å². The third-order valence-corrected chi connectivity index (χ3v) is 5.37. The van der Waals surface area contributed by atoms with Gasteiger partial charge in [-0.25, -0.2) is 0 Å². The fourth-order valence-corrected chi connectivity index (χ4v) is 3.80. The van der Waals surface area contributed by atoms with Gasteiger partial charge in [0.15, 0.2) is 11.5 Å². The molecule has 0 aromatic heterocycles. The summed E-state index contributed by atoms with van der Waals surface area (Å²) in [5.41, 5.74) is 2.19. The van der Waals surface area contributed by atoms with Crippen LogP contribution >= 0.6 is 0 Å². The average molecular weight is 397 g/mol. The van der Waals surface area contributed by atoms with Crippen LogP contribution < -0.4 is 14.8 Å². The lowest BCUT2D eigenvalue weighted by molar-refractivity contribution is -0.122. The number of hydrogen-bond acceptors (Lipinski definition) is 4. The molecule has 0 aliphatic heterocycles. The number of rotatable bonds is 9. The highest BCUT2D eigenvalue weighted by atomic mass is 16.5. The molecule has 1 unspecified atom stereocenters. The molecule has 0 saturated heterocycles. The molecule has 3 rings (SSSR count). The Hall–Kier alpha value is -2.53. The molecule has 1 aliphatic rings. The summed E-state index contributed by atoms with van der Waals surface area (Å²) < 4.78 is 11.6. The molecule has 29 heavy (non-hydrogen) atoms. The molecule has 0 bridgehead atoms. The zero-order valence-electron chi connectivity index (χ0n) is 17.7. The van der Waals surface area contributed by atoms with Gasteiger partial charge in [0.2, 0.25) is 5.91 Å². The topological polar surface area (TPSA) is 50.8 Å². The number of carbonyl (C=O) groups is 1. The van der Waals surface area contributed by atoms with Crippen LogP contribution in [0.1, 0.15) is 49.8 Å². The van der Waals surface area contributed by atoms with Gasteiger partial charge in [-0.1, -0.05) is 36.4 Å². The minimum absolute atomic E-state index is 0.00109. The second kappa shape index (κ2) is 10.3. The fourth-order valence-electron chi connectivity index (χ4n) is 3.80. The second-order valence-corrected chi connectivity index (χ2v) is 7.88. The minimum atomic E-state index is -0.109. The number of carbonyl (C=O) groups excluding carboxylic acids is 1. The van der Waals surface area contributed by atoms with Crippen LogP contribution in [0.15, 0.2) is 48.5 Å². The van der Waals surface area contributed by atoms with Crippen molar-refractivity contribution in [3.05, 3.63) is 59.7 Å². The van der Waals surface area contributed by atoms with Gasteiger partial charge in [-0.05, 0) is 62.9 Å². The van der Waals surface area contributed by atoms with E-state index in [0.29, 0.717) is 6.54 Å². The summed E-state index contributed by atoms with van der Waals surface area (Å²) in [6, 6.07) is 16.0. The Morgan fingerprint density at radius 1 is 1.14 bits per heavy atom. The zero-order valence-corrected chi connectivity index (χ0v) is 17.7. The van der Waals surface area contributed by atoms with Crippen LogP contribution in [-0.4, -0.2) is 37.6 Å². The summed E-state index contributed by atoms with van der Waals surface area (Å²) in [4.78, 5) is 14.5. The Bertz CT molecular complexity index is 788. The molecule has 1 saturated carbocycles. The number of hydrogen-bond donors (Lipinski definition) is 1. The summed E-state index contributed by atoms with van der Waals surface area (Å²) in [5.74, 6) is 1.50. The molecule has 5 nitrogen and oxygen atoms in total. The van der Waals surface area contributed by atoms with Gasteiger partial charge in [-0.15, -0.1) is 0 Å². The van der Waals surface area contributed by atoms with Crippen LogP contribution in [0.4, 0.5) is 0 Å². The molecule has 0 radical (unpaired) electrons. The molecule has 2 aromatic carbocycles. The molecule has 1 N–H and O–H groups in total.